The average Bonchev–Trinajstić information content (AvgIpc) is 4.00. The number of rotatable bonds is 4. The maximum absolute atomic E-state index is 16.3. The van der Waals surface area contributed by atoms with E-state index in [0.29, 0.717) is 22.1 Å². The van der Waals surface area contributed by atoms with E-state index in [2.05, 4.69) is 0 Å². The first-order valence-corrected chi connectivity index (χ1v) is 21.3. The summed E-state index contributed by atoms with van der Waals surface area (Å²) in [5, 5.41) is 1.25. The third-order valence-electron chi connectivity index (χ3n) is 9.81. The van der Waals surface area contributed by atoms with Crippen molar-refractivity contribution in [3.63, 3.8) is 0 Å². The molecule has 4 aliphatic rings. The number of fused-ring (bicyclic) bond motifs is 2. The fraction of sp³-hybridized carbons (Fsp3) is 0. The second-order valence-electron chi connectivity index (χ2n) is 12.7. The predicted octanol–water partition coefficient (Wildman–Crippen LogP) is 6.51. The minimum absolute atomic E-state index is 0.625. The molecular formula is C44H29N4O2Sb. The van der Waals surface area contributed by atoms with Gasteiger partial charge in [0, 0.05) is 0 Å². The molecule has 10 rings (SSSR count). The Hall–Kier alpha value is -5.94. The summed E-state index contributed by atoms with van der Waals surface area (Å²) in [7, 11) is 0. The summed E-state index contributed by atoms with van der Waals surface area (Å²) >= 11 is -5.98. The molecule has 1 unspecified atom stereocenters. The molecule has 0 radical (unpaired) electrons. The van der Waals surface area contributed by atoms with Gasteiger partial charge < -0.3 is 0 Å². The van der Waals surface area contributed by atoms with E-state index in [-0.39, 0.29) is 0 Å². The summed E-state index contributed by atoms with van der Waals surface area (Å²) in [6.45, 7) is 0. The van der Waals surface area contributed by atoms with Gasteiger partial charge in [-0.15, -0.1) is 0 Å². The molecule has 7 heteroatoms. The SMILES string of the molecule is [O]=[Sb]1([OH])[n]2c3ccc2C(c2ccccc2)=C2C=CC(=N2)C(c2ccccc2)=c2ccc([n]21)=C(c1ccccc1)C1=NC(=C3c2ccccc2)C=C1. The molecule has 1 N–H and O–H groups in total. The predicted molar refractivity (Wildman–Crippen MR) is 204 cm³/mol. The molecule has 6 heterocycles. The van der Waals surface area contributed by atoms with Crippen LogP contribution in [0, 0.1) is 0 Å². The first-order valence-electron chi connectivity index (χ1n) is 16.9. The minimum atomic E-state index is -5.98. The van der Waals surface area contributed by atoms with Gasteiger partial charge in [0.1, 0.15) is 0 Å². The molecule has 0 saturated heterocycles. The number of aromatic nitrogens is 2. The van der Waals surface area contributed by atoms with Crippen molar-refractivity contribution in [2.24, 2.45) is 9.98 Å². The molecule has 1 atom stereocenters. The van der Waals surface area contributed by atoms with Crippen LogP contribution in [0.25, 0.3) is 22.3 Å². The molecule has 2 aromatic heterocycles. The molecule has 0 saturated carbocycles. The zero-order valence-corrected chi connectivity index (χ0v) is 29.8. The van der Waals surface area contributed by atoms with Gasteiger partial charge >= 0.3 is 301 Å². The van der Waals surface area contributed by atoms with Crippen molar-refractivity contribution in [2.75, 3.05) is 0 Å². The Balaban J connectivity index is 1.49. The molecule has 6 aromatic rings. The van der Waals surface area contributed by atoms with E-state index < -0.39 is 19.8 Å². The van der Waals surface area contributed by atoms with E-state index in [1.165, 1.54) is 0 Å². The van der Waals surface area contributed by atoms with Gasteiger partial charge in [-0.2, -0.15) is 0 Å². The number of aliphatic imine (C=N–C) groups is 2. The van der Waals surface area contributed by atoms with Crippen LogP contribution in [0.5, 0.6) is 0 Å². The van der Waals surface area contributed by atoms with Crippen LogP contribution < -0.4 is 10.7 Å². The van der Waals surface area contributed by atoms with Gasteiger partial charge in [-0.05, 0) is 0 Å². The summed E-state index contributed by atoms with van der Waals surface area (Å²) in [4.78, 5) is 10.6. The third kappa shape index (κ3) is 4.61. The molecule has 6 bridgehead atoms. The fourth-order valence-electron chi connectivity index (χ4n) is 7.67. The molecule has 242 valence electrons. The van der Waals surface area contributed by atoms with Crippen LogP contribution in [-0.4, -0.2) is 40.0 Å². The van der Waals surface area contributed by atoms with Crippen LogP contribution in [-0.2, 0) is 3.02 Å². The van der Waals surface area contributed by atoms with E-state index in [1.54, 1.807) is 5.45 Å². The molecule has 0 fully saturated rings. The van der Waals surface area contributed by atoms with Crippen molar-refractivity contribution >= 4 is 53.5 Å². The molecule has 4 aliphatic heterocycles. The number of nitrogens with zero attached hydrogens (tertiary/aromatic N) is 4. The van der Waals surface area contributed by atoms with Crippen molar-refractivity contribution in [3.8, 4) is 0 Å². The molecule has 6 nitrogen and oxygen atoms in total. The van der Waals surface area contributed by atoms with Gasteiger partial charge in [0.05, 0.1) is 0 Å². The van der Waals surface area contributed by atoms with Crippen LogP contribution in [0.1, 0.15) is 33.6 Å². The normalized spacial score (nSPS) is 18.7. The van der Waals surface area contributed by atoms with Gasteiger partial charge in [0.25, 0.3) is 0 Å². The maximum atomic E-state index is 16.3. The summed E-state index contributed by atoms with van der Waals surface area (Å²) in [5.74, 6) is 0. The van der Waals surface area contributed by atoms with Crippen LogP contribution in [0.2, 0.25) is 0 Å². The molecule has 51 heavy (non-hydrogen) atoms. The Morgan fingerprint density at radius 1 is 0.412 bits per heavy atom. The Kier molecular flexibility index (Phi) is 6.78. The standard InChI is InChI=1S/C44H28N4.H2O.O.Sb/c1-5-13-29(14-6-1)41-33-21-23-35(45-33)42(30-15-7-2-8-16-30)37-25-27-39(47-37)44(32-19-11-4-12-20-32)40-28-26-38(48-40)43(31-17-9-3-10-18-31)36-24-22-34(41)46-36;;;/h1-28H;1H2;;/q-2;;;+3/p-1. The zero-order chi connectivity index (χ0) is 34.1. The fourth-order valence-corrected chi connectivity index (χ4v) is 13.3. The van der Waals surface area contributed by atoms with Crippen molar-refractivity contribution in [3.05, 3.63) is 226 Å². The Morgan fingerprint density at radius 2 is 0.765 bits per heavy atom. The Bertz CT molecular complexity index is 2620. The van der Waals surface area contributed by atoms with Crippen LogP contribution >= 0.6 is 0 Å². The topological polar surface area (TPSA) is 71.9 Å². The van der Waals surface area contributed by atoms with Gasteiger partial charge in [0.15, 0.2) is 0 Å². The second-order valence-corrected chi connectivity index (χ2v) is 18.0. The zero-order valence-electron chi connectivity index (χ0n) is 27.3. The second kappa shape index (κ2) is 11.6. The Labute approximate surface area is 299 Å². The number of hydrogen-bond acceptors (Lipinski definition) is 3. The first-order chi connectivity index (χ1) is 25.1. The quantitative estimate of drug-likeness (QED) is 0.208. The van der Waals surface area contributed by atoms with E-state index in [0.717, 1.165) is 67.4 Å². The summed E-state index contributed by atoms with van der Waals surface area (Å²) < 4.78 is 33.1. The van der Waals surface area contributed by atoms with E-state index in [9.17, 15) is 3.39 Å². The van der Waals surface area contributed by atoms with E-state index >= 15 is 3.02 Å². The third-order valence-corrected chi connectivity index (χ3v) is 15.2. The molecule has 0 spiro atoms. The van der Waals surface area contributed by atoms with Crippen LogP contribution in [0.15, 0.2) is 191 Å². The molecule has 0 aliphatic carbocycles. The van der Waals surface area contributed by atoms with Gasteiger partial charge in [-0.25, -0.2) is 0 Å². The van der Waals surface area contributed by atoms with E-state index in [1.807, 2.05) is 170 Å². The van der Waals surface area contributed by atoms with Crippen molar-refractivity contribution < 1.29 is 6.40 Å². The summed E-state index contributed by atoms with van der Waals surface area (Å²) in [6.07, 6.45) is 8.12. The molecular weight excluding hydrogens is 738 g/mol. The van der Waals surface area contributed by atoms with Crippen molar-refractivity contribution in [2.45, 2.75) is 0 Å². The Morgan fingerprint density at radius 3 is 1.14 bits per heavy atom. The van der Waals surface area contributed by atoms with E-state index in [4.69, 9.17) is 9.98 Å². The van der Waals surface area contributed by atoms with Gasteiger partial charge in [-0.3, -0.25) is 0 Å². The van der Waals surface area contributed by atoms with Crippen molar-refractivity contribution in [1.29, 1.82) is 0 Å². The van der Waals surface area contributed by atoms with Crippen LogP contribution in [0.4, 0.5) is 0 Å². The summed E-state index contributed by atoms with van der Waals surface area (Å²) in [6, 6.07) is 48.1. The molecule has 0 amide bonds. The van der Waals surface area contributed by atoms with Crippen LogP contribution in [0.3, 0.4) is 0 Å². The summed E-state index contributed by atoms with van der Waals surface area (Å²) in [5.41, 5.74) is 10.9. The number of benzene rings is 4. The molecule has 4 aromatic carbocycles. The average molecular weight is 768 g/mol. The van der Waals surface area contributed by atoms with Crippen molar-refractivity contribution in [1.82, 2.24) is 5.45 Å². The van der Waals surface area contributed by atoms with Gasteiger partial charge in [-0.1, -0.05) is 0 Å². The number of hydrogen-bond donors (Lipinski definition) is 1. The monoisotopic (exact) mass is 766 g/mol. The first kappa shape index (κ1) is 29.9. The van der Waals surface area contributed by atoms with Gasteiger partial charge in [0.2, 0.25) is 0 Å². The number of allylic oxidation sites excluding steroid dienone is 4.